The van der Waals surface area contributed by atoms with Gasteiger partial charge in [-0.25, -0.2) is 0 Å². The molecule has 1 rings (SSSR count). The predicted molar refractivity (Wildman–Crippen MR) is 55.4 cm³/mol. The van der Waals surface area contributed by atoms with Gasteiger partial charge in [0.25, 0.3) is 0 Å². The molecule has 1 amide bonds. The molecule has 0 saturated heterocycles. The highest BCUT2D eigenvalue weighted by Crippen LogP contribution is 2.28. The Hall–Kier alpha value is -0.840. The van der Waals surface area contributed by atoms with Gasteiger partial charge in [-0.15, -0.1) is 0 Å². The van der Waals surface area contributed by atoms with Gasteiger partial charge in [0.2, 0.25) is 5.91 Å². The van der Waals surface area contributed by atoms with Gasteiger partial charge in [0.15, 0.2) is 5.11 Å². The van der Waals surface area contributed by atoms with Gasteiger partial charge in [-0.3, -0.25) is 4.79 Å². The molecule has 0 aromatic rings. The SMILES string of the molecule is CNC(=S)NCCNC(=O)C1CC1. The van der Waals surface area contributed by atoms with Gasteiger partial charge < -0.3 is 16.0 Å². The van der Waals surface area contributed by atoms with Crippen molar-refractivity contribution in [1.82, 2.24) is 16.0 Å². The van der Waals surface area contributed by atoms with Gasteiger partial charge in [-0.2, -0.15) is 0 Å². The average Bonchev–Trinajstić information content (AvgIpc) is 2.94. The fourth-order valence-corrected chi connectivity index (χ4v) is 1.04. The zero-order valence-corrected chi connectivity index (χ0v) is 8.54. The summed E-state index contributed by atoms with van der Waals surface area (Å²) < 4.78 is 0. The molecule has 0 unspecified atom stereocenters. The molecule has 0 bridgehead atoms. The minimum Gasteiger partial charge on any atom is -0.366 e. The maximum atomic E-state index is 11.1. The van der Waals surface area contributed by atoms with Crippen LogP contribution in [0.15, 0.2) is 0 Å². The molecular formula is C8H15N3OS. The molecule has 0 spiro atoms. The lowest BCUT2D eigenvalue weighted by Crippen LogP contribution is -2.38. The van der Waals surface area contributed by atoms with E-state index < -0.39 is 0 Å². The third-order valence-electron chi connectivity index (χ3n) is 1.88. The standard InChI is InChI=1S/C8H15N3OS/c1-9-8(13)11-5-4-10-7(12)6-2-3-6/h6H,2-5H2,1H3,(H,10,12)(H2,9,11,13). The number of carbonyl (C=O) groups is 1. The van der Waals surface area contributed by atoms with Gasteiger partial charge in [0.1, 0.15) is 0 Å². The number of rotatable bonds is 4. The van der Waals surface area contributed by atoms with Crippen LogP contribution >= 0.6 is 12.2 Å². The largest absolute Gasteiger partial charge is 0.366 e. The van der Waals surface area contributed by atoms with Crippen LogP contribution in [0.5, 0.6) is 0 Å². The Bertz CT molecular complexity index is 204. The molecule has 5 heteroatoms. The minimum atomic E-state index is 0.178. The molecule has 0 atom stereocenters. The molecular weight excluding hydrogens is 186 g/mol. The van der Waals surface area contributed by atoms with Crippen molar-refractivity contribution in [2.75, 3.05) is 20.1 Å². The number of nitrogens with one attached hydrogen (secondary N) is 3. The highest BCUT2D eigenvalue weighted by atomic mass is 32.1. The second-order valence-corrected chi connectivity index (χ2v) is 3.48. The molecule has 1 aliphatic carbocycles. The number of amides is 1. The summed E-state index contributed by atoms with van der Waals surface area (Å²) in [4.78, 5) is 11.1. The quantitative estimate of drug-likeness (QED) is 0.428. The second-order valence-electron chi connectivity index (χ2n) is 3.07. The fourth-order valence-electron chi connectivity index (χ4n) is 0.940. The molecule has 0 aromatic carbocycles. The Balaban J connectivity index is 1.94. The molecule has 1 saturated carbocycles. The van der Waals surface area contributed by atoms with Crippen molar-refractivity contribution in [3.8, 4) is 0 Å². The lowest BCUT2D eigenvalue weighted by molar-refractivity contribution is -0.122. The molecule has 1 aliphatic rings. The normalized spacial score (nSPS) is 14.8. The Morgan fingerprint density at radius 2 is 2.00 bits per heavy atom. The van der Waals surface area contributed by atoms with E-state index in [0.29, 0.717) is 18.2 Å². The lowest BCUT2D eigenvalue weighted by Gasteiger charge is -2.07. The average molecular weight is 201 g/mol. The topological polar surface area (TPSA) is 53.2 Å². The smallest absolute Gasteiger partial charge is 0.223 e. The van der Waals surface area contributed by atoms with E-state index in [0.717, 1.165) is 12.8 Å². The molecule has 13 heavy (non-hydrogen) atoms. The Kier molecular flexibility index (Phi) is 3.95. The summed E-state index contributed by atoms with van der Waals surface area (Å²) in [5.74, 6) is 0.466. The molecule has 3 N–H and O–H groups in total. The van der Waals surface area contributed by atoms with E-state index in [4.69, 9.17) is 12.2 Å². The van der Waals surface area contributed by atoms with Crippen LogP contribution in [-0.4, -0.2) is 31.2 Å². The minimum absolute atomic E-state index is 0.178. The lowest BCUT2D eigenvalue weighted by atomic mass is 10.4. The predicted octanol–water partition coefficient (Wildman–Crippen LogP) is -0.394. The summed E-state index contributed by atoms with van der Waals surface area (Å²) in [6.07, 6.45) is 2.10. The summed E-state index contributed by atoms with van der Waals surface area (Å²) in [6, 6.07) is 0. The molecule has 4 nitrogen and oxygen atoms in total. The van der Waals surface area contributed by atoms with E-state index in [-0.39, 0.29) is 11.8 Å². The first-order valence-electron chi connectivity index (χ1n) is 4.47. The summed E-state index contributed by atoms with van der Waals surface area (Å²) in [7, 11) is 1.76. The molecule has 1 fully saturated rings. The monoisotopic (exact) mass is 201 g/mol. The first kappa shape index (κ1) is 10.2. The van der Waals surface area contributed by atoms with Crippen molar-refractivity contribution in [3.63, 3.8) is 0 Å². The van der Waals surface area contributed by atoms with E-state index >= 15 is 0 Å². The second kappa shape index (κ2) is 5.01. The molecule has 74 valence electrons. The van der Waals surface area contributed by atoms with Gasteiger partial charge in [-0.05, 0) is 25.1 Å². The van der Waals surface area contributed by atoms with Crippen molar-refractivity contribution >= 4 is 23.2 Å². The fraction of sp³-hybridized carbons (Fsp3) is 0.750. The molecule has 0 radical (unpaired) electrons. The van der Waals surface area contributed by atoms with Crippen molar-refractivity contribution in [2.24, 2.45) is 5.92 Å². The zero-order chi connectivity index (χ0) is 9.68. The van der Waals surface area contributed by atoms with Crippen LogP contribution in [0.2, 0.25) is 0 Å². The maximum absolute atomic E-state index is 11.1. The summed E-state index contributed by atoms with van der Waals surface area (Å²) in [5.41, 5.74) is 0. The van der Waals surface area contributed by atoms with E-state index in [1.165, 1.54) is 0 Å². The number of carbonyl (C=O) groups excluding carboxylic acids is 1. The Labute approximate surface area is 83.5 Å². The van der Waals surface area contributed by atoms with E-state index in [1.54, 1.807) is 7.05 Å². The Morgan fingerprint density at radius 3 is 2.54 bits per heavy atom. The van der Waals surface area contributed by atoms with Crippen LogP contribution in [0.1, 0.15) is 12.8 Å². The van der Waals surface area contributed by atoms with Crippen molar-refractivity contribution in [3.05, 3.63) is 0 Å². The molecule has 0 aromatic heterocycles. The van der Waals surface area contributed by atoms with Crippen LogP contribution < -0.4 is 16.0 Å². The van der Waals surface area contributed by atoms with Gasteiger partial charge in [-0.1, -0.05) is 0 Å². The Morgan fingerprint density at radius 1 is 1.38 bits per heavy atom. The molecule has 0 aliphatic heterocycles. The van der Waals surface area contributed by atoms with Crippen LogP contribution in [0.4, 0.5) is 0 Å². The third kappa shape index (κ3) is 4.07. The third-order valence-corrected chi connectivity index (χ3v) is 2.23. The first-order valence-corrected chi connectivity index (χ1v) is 4.88. The van der Waals surface area contributed by atoms with Crippen LogP contribution in [0.3, 0.4) is 0 Å². The van der Waals surface area contributed by atoms with Crippen LogP contribution in [0.25, 0.3) is 0 Å². The van der Waals surface area contributed by atoms with Crippen LogP contribution in [0, 0.1) is 5.92 Å². The van der Waals surface area contributed by atoms with Crippen molar-refractivity contribution < 1.29 is 4.79 Å². The van der Waals surface area contributed by atoms with E-state index in [2.05, 4.69) is 16.0 Å². The number of thiocarbonyl (C=S) groups is 1. The summed E-state index contributed by atoms with van der Waals surface area (Å²) in [5, 5.41) is 9.20. The maximum Gasteiger partial charge on any atom is 0.223 e. The number of hydrogen-bond acceptors (Lipinski definition) is 2. The van der Waals surface area contributed by atoms with E-state index in [9.17, 15) is 4.79 Å². The number of hydrogen-bond donors (Lipinski definition) is 3. The van der Waals surface area contributed by atoms with Crippen LogP contribution in [-0.2, 0) is 4.79 Å². The van der Waals surface area contributed by atoms with E-state index in [1.807, 2.05) is 0 Å². The van der Waals surface area contributed by atoms with Crippen molar-refractivity contribution in [1.29, 1.82) is 0 Å². The molecule has 0 heterocycles. The summed E-state index contributed by atoms with van der Waals surface area (Å²) >= 11 is 4.86. The highest BCUT2D eigenvalue weighted by Gasteiger charge is 2.28. The van der Waals surface area contributed by atoms with Gasteiger partial charge in [0.05, 0.1) is 0 Å². The van der Waals surface area contributed by atoms with Gasteiger partial charge >= 0.3 is 0 Å². The first-order chi connectivity index (χ1) is 6.24. The summed E-state index contributed by atoms with van der Waals surface area (Å²) in [6.45, 7) is 1.31. The van der Waals surface area contributed by atoms with Gasteiger partial charge in [0, 0.05) is 26.1 Å². The van der Waals surface area contributed by atoms with Crippen molar-refractivity contribution in [2.45, 2.75) is 12.8 Å². The highest BCUT2D eigenvalue weighted by molar-refractivity contribution is 7.80. The zero-order valence-electron chi connectivity index (χ0n) is 7.72.